The van der Waals surface area contributed by atoms with Gasteiger partial charge in [-0.1, -0.05) is 0 Å². The van der Waals surface area contributed by atoms with Crippen LogP contribution in [0.4, 0.5) is 5.69 Å². The summed E-state index contributed by atoms with van der Waals surface area (Å²) in [7, 11) is 1.80. The Morgan fingerprint density at radius 3 is 3.00 bits per heavy atom. The minimum Gasteiger partial charge on any atom is -0.387 e. The summed E-state index contributed by atoms with van der Waals surface area (Å²) in [6.45, 7) is 4.67. The predicted molar refractivity (Wildman–Crippen MR) is 74.4 cm³/mol. The molecule has 2 unspecified atom stereocenters. The lowest BCUT2D eigenvalue weighted by atomic mass is 10.1. The molecule has 0 radical (unpaired) electrons. The van der Waals surface area contributed by atoms with Gasteiger partial charge in [0.1, 0.15) is 0 Å². The number of nitrogens with one attached hydrogen (secondary N) is 2. The van der Waals surface area contributed by atoms with Gasteiger partial charge in [-0.05, 0) is 32.8 Å². The van der Waals surface area contributed by atoms with Gasteiger partial charge in [-0.2, -0.15) is 0 Å². The summed E-state index contributed by atoms with van der Waals surface area (Å²) in [4.78, 5) is 16.4. The molecule has 2 N–H and O–H groups in total. The molecule has 19 heavy (non-hydrogen) atoms. The molecule has 1 saturated heterocycles. The van der Waals surface area contributed by atoms with Gasteiger partial charge in [0, 0.05) is 25.5 Å². The number of hydrogen-bond donors (Lipinski definition) is 2. The van der Waals surface area contributed by atoms with Crippen molar-refractivity contribution in [2.45, 2.75) is 38.8 Å². The van der Waals surface area contributed by atoms with Crippen LogP contribution in [0.5, 0.6) is 0 Å². The number of nitrogens with zero attached hydrogens (tertiary/aromatic N) is 1. The number of carbonyl (C=O) groups is 1. The predicted octanol–water partition coefficient (Wildman–Crippen LogP) is 1.73. The Hall–Kier alpha value is -1.62. The molecule has 1 amide bonds. The van der Waals surface area contributed by atoms with Gasteiger partial charge in [0.15, 0.2) is 0 Å². The molecule has 1 fully saturated rings. The van der Waals surface area contributed by atoms with Gasteiger partial charge in [0.05, 0.1) is 23.4 Å². The zero-order chi connectivity index (χ0) is 13.8. The lowest BCUT2D eigenvalue weighted by Gasteiger charge is -2.20. The SMILES string of the molecule is CNc1cc(C)ncc1C(=O)NC(C)C1CCCO1. The van der Waals surface area contributed by atoms with Gasteiger partial charge >= 0.3 is 0 Å². The Kier molecular flexibility index (Phi) is 4.37. The molecule has 1 aromatic rings. The maximum absolute atomic E-state index is 12.3. The monoisotopic (exact) mass is 263 g/mol. The zero-order valence-corrected chi connectivity index (χ0v) is 11.7. The van der Waals surface area contributed by atoms with E-state index in [1.54, 1.807) is 13.2 Å². The first-order chi connectivity index (χ1) is 9.11. The number of carbonyl (C=O) groups excluding carboxylic acids is 1. The maximum atomic E-state index is 12.3. The average molecular weight is 263 g/mol. The van der Waals surface area contributed by atoms with Gasteiger partial charge in [0.2, 0.25) is 0 Å². The third-order valence-electron chi connectivity index (χ3n) is 3.44. The average Bonchev–Trinajstić information content (AvgIpc) is 2.92. The molecule has 0 aromatic carbocycles. The first-order valence-electron chi connectivity index (χ1n) is 6.68. The molecule has 1 aromatic heterocycles. The summed E-state index contributed by atoms with van der Waals surface area (Å²) in [5.74, 6) is -0.111. The van der Waals surface area contributed by atoms with Crippen LogP contribution < -0.4 is 10.6 Å². The lowest BCUT2D eigenvalue weighted by molar-refractivity contribution is 0.0712. The van der Waals surface area contributed by atoms with Crippen LogP contribution in [0.3, 0.4) is 0 Å². The number of hydrogen-bond acceptors (Lipinski definition) is 4. The van der Waals surface area contributed by atoms with Crippen LogP contribution in [0.25, 0.3) is 0 Å². The van der Waals surface area contributed by atoms with Crippen molar-refractivity contribution in [2.75, 3.05) is 19.0 Å². The van der Waals surface area contributed by atoms with Crippen molar-refractivity contribution in [3.8, 4) is 0 Å². The van der Waals surface area contributed by atoms with Crippen LogP contribution >= 0.6 is 0 Å². The van der Waals surface area contributed by atoms with Crippen molar-refractivity contribution in [2.24, 2.45) is 0 Å². The molecule has 2 rings (SSSR count). The van der Waals surface area contributed by atoms with Crippen LogP contribution in [0.1, 0.15) is 35.8 Å². The van der Waals surface area contributed by atoms with Gasteiger partial charge in [-0.3, -0.25) is 9.78 Å². The number of pyridine rings is 1. The lowest BCUT2D eigenvalue weighted by Crippen LogP contribution is -2.41. The van der Waals surface area contributed by atoms with Crippen LogP contribution in [0.15, 0.2) is 12.3 Å². The second kappa shape index (κ2) is 6.02. The summed E-state index contributed by atoms with van der Waals surface area (Å²) < 4.78 is 5.58. The molecular weight excluding hydrogens is 242 g/mol. The normalized spacial score (nSPS) is 20.1. The molecule has 2 heterocycles. The molecule has 0 aliphatic carbocycles. The summed E-state index contributed by atoms with van der Waals surface area (Å²) in [6.07, 6.45) is 3.81. The molecule has 5 heteroatoms. The van der Waals surface area contributed by atoms with E-state index in [0.717, 1.165) is 30.8 Å². The van der Waals surface area contributed by atoms with Crippen molar-refractivity contribution in [1.82, 2.24) is 10.3 Å². The van der Waals surface area contributed by atoms with Crippen LogP contribution in [-0.2, 0) is 4.74 Å². The second-order valence-electron chi connectivity index (χ2n) is 4.93. The van der Waals surface area contributed by atoms with E-state index in [2.05, 4.69) is 15.6 Å². The zero-order valence-electron chi connectivity index (χ0n) is 11.7. The fourth-order valence-corrected chi connectivity index (χ4v) is 2.32. The van der Waals surface area contributed by atoms with Crippen molar-refractivity contribution in [3.63, 3.8) is 0 Å². The topological polar surface area (TPSA) is 63.2 Å². The van der Waals surface area contributed by atoms with Crippen LogP contribution in [0, 0.1) is 6.92 Å². The first kappa shape index (κ1) is 13.8. The highest BCUT2D eigenvalue weighted by molar-refractivity contribution is 5.99. The minimum atomic E-state index is -0.111. The van der Waals surface area contributed by atoms with Crippen molar-refractivity contribution in [1.29, 1.82) is 0 Å². The number of amides is 1. The standard InChI is InChI=1S/C14H21N3O2/c1-9-7-12(15-3)11(8-16-9)14(18)17-10(2)13-5-4-6-19-13/h7-8,10,13H,4-6H2,1-3H3,(H,15,16)(H,17,18). The quantitative estimate of drug-likeness (QED) is 0.868. The molecule has 0 bridgehead atoms. The third kappa shape index (κ3) is 3.23. The van der Waals surface area contributed by atoms with E-state index in [1.807, 2.05) is 19.9 Å². The van der Waals surface area contributed by atoms with Gasteiger partial charge in [-0.25, -0.2) is 0 Å². The Labute approximate surface area is 113 Å². The van der Waals surface area contributed by atoms with E-state index in [1.165, 1.54) is 0 Å². The van der Waals surface area contributed by atoms with Crippen LogP contribution in [0.2, 0.25) is 0 Å². The Bertz CT molecular complexity index is 456. The molecule has 2 atom stereocenters. The molecule has 1 aliphatic heterocycles. The molecule has 104 valence electrons. The van der Waals surface area contributed by atoms with Gasteiger partial charge in [-0.15, -0.1) is 0 Å². The summed E-state index contributed by atoms with van der Waals surface area (Å²) >= 11 is 0. The maximum Gasteiger partial charge on any atom is 0.255 e. The van der Waals surface area contributed by atoms with Crippen molar-refractivity contribution >= 4 is 11.6 Å². The Balaban J connectivity index is 2.06. The highest BCUT2D eigenvalue weighted by Crippen LogP contribution is 2.18. The van der Waals surface area contributed by atoms with E-state index in [0.29, 0.717) is 5.56 Å². The van der Waals surface area contributed by atoms with Gasteiger partial charge in [0.25, 0.3) is 5.91 Å². The van der Waals surface area contributed by atoms with E-state index in [9.17, 15) is 4.79 Å². The second-order valence-corrected chi connectivity index (χ2v) is 4.93. The highest BCUT2D eigenvalue weighted by atomic mass is 16.5. The largest absolute Gasteiger partial charge is 0.387 e. The fraction of sp³-hybridized carbons (Fsp3) is 0.571. The third-order valence-corrected chi connectivity index (χ3v) is 3.44. The van der Waals surface area contributed by atoms with E-state index < -0.39 is 0 Å². The molecule has 0 spiro atoms. The minimum absolute atomic E-state index is 0.0148. The summed E-state index contributed by atoms with van der Waals surface area (Å²) in [5.41, 5.74) is 2.25. The van der Waals surface area contributed by atoms with Crippen molar-refractivity contribution < 1.29 is 9.53 Å². The number of rotatable bonds is 4. The number of ether oxygens (including phenoxy) is 1. The fourth-order valence-electron chi connectivity index (χ4n) is 2.32. The number of aromatic nitrogens is 1. The molecule has 1 aliphatic rings. The van der Waals surface area contributed by atoms with Crippen LogP contribution in [-0.4, -0.2) is 36.7 Å². The Morgan fingerprint density at radius 1 is 1.58 bits per heavy atom. The molecule has 5 nitrogen and oxygen atoms in total. The molecular formula is C14H21N3O2. The number of aryl methyl sites for hydroxylation is 1. The van der Waals surface area contributed by atoms with Crippen molar-refractivity contribution in [3.05, 3.63) is 23.5 Å². The Morgan fingerprint density at radius 2 is 2.37 bits per heavy atom. The first-order valence-corrected chi connectivity index (χ1v) is 6.68. The summed E-state index contributed by atoms with van der Waals surface area (Å²) in [6, 6.07) is 1.88. The van der Waals surface area contributed by atoms with E-state index >= 15 is 0 Å². The summed E-state index contributed by atoms with van der Waals surface area (Å²) in [5, 5.41) is 6.02. The van der Waals surface area contributed by atoms with Gasteiger partial charge < -0.3 is 15.4 Å². The van der Waals surface area contributed by atoms with E-state index in [-0.39, 0.29) is 18.1 Å². The smallest absolute Gasteiger partial charge is 0.255 e. The number of anilines is 1. The highest BCUT2D eigenvalue weighted by Gasteiger charge is 2.24. The molecule has 0 saturated carbocycles. The van der Waals surface area contributed by atoms with E-state index in [4.69, 9.17) is 4.74 Å².